The minimum Gasteiger partial charge on any atom is -0.444 e. The maximum absolute atomic E-state index is 14.7. The van der Waals surface area contributed by atoms with Crippen molar-refractivity contribution in [2.75, 3.05) is 13.1 Å². The molecule has 0 aliphatic carbocycles. The highest BCUT2D eigenvalue weighted by atomic mass is 19.1. The lowest BCUT2D eigenvalue weighted by atomic mass is 9.87. The van der Waals surface area contributed by atoms with E-state index in [0.29, 0.717) is 60.2 Å². The highest BCUT2D eigenvalue weighted by Crippen LogP contribution is 2.35. The van der Waals surface area contributed by atoms with Gasteiger partial charge in [0.1, 0.15) is 17.5 Å². The number of nitrogens with zero attached hydrogens (tertiary/aromatic N) is 5. The van der Waals surface area contributed by atoms with E-state index < -0.39 is 23.6 Å². The number of carbonyl (C=O) groups is 4. The van der Waals surface area contributed by atoms with E-state index in [9.17, 15) is 23.6 Å². The molecule has 2 atom stereocenters. The summed E-state index contributed by atoms with van der Waals surface area (Å²) in [6.07, 6.45) is 5.08. The van der Waals surface area contributed by atoms with E-state index >= 15 is 0 Å². The molecule has 2 aliphatic heterocycles. The van der Waals surface area contributed by atoms with Gasteiger partial charge >= 0.3 is 6.09 Å². The molecule has 49 heavy (non-hydrogen) atoms. The van der Waals surface area contributed by atoms with Crippen LogP contribution in [-0.2, 0) is 9.53 Å². The number of pyridine rings is 1. The Morgan fingerprint density at radius 3 is 2.24 bits per heavy atom. The molecule has 5 rings (SSSR count). The first kappa shape index (κ1) is 36.0. The number of Topliss-reactive ketones (excluding diaryl/α,β-unsaturated/α-hetero) is 1. The maximum Gasteiger partial charge on any atom is 0.411 e. The fourth-order valence-corrected chi connectivity index (χ4v) is 7.59. The molecule has 2 aromatic heterocycles. The number of halogens is 1. The topological polar surface area (TPSA) is 105 Å². The van der Waals surface area contributed by atoms with Crippen molar-refractivity contribution in [3.63, 3.8) is 0 Å². The zero-order valence-corrected chi connectivity index (χ0v) is 30.2. The van der Waals surface area contributed by atoms with Crippen molar-refractivity contribution < 1.29 is 28.3 Å². The number of carbonyl (C=O) groups excluding carboxylic acids is 4. The average molecular weight is 676 g/mol. The lowest BCUT2D eigenvalue weighted by Gasteiger charge is -2.36. The van der Waals surface area contributed by atoms with Crippen LogP contribution in [0.1, 0.15) is 107 Å². The number of ketones is 1. The molecule has 264 valence electrons. The third kappa shape index (κ3) is 7.07. The molecule has 11 heteroatoms. The smallest absolute Gasteiger partial charge is 0.411 e. The van der Waals surface area contributed by atoms with Crippen LogP contribution in [0.15, 0.2) is 36.7 Å². The van der Waals surface area contributed by atoms with E-state index in [4.69, 9.17) is 4.74 Å². The Hall–Kier alpha value is -4.28. The van der Waals surface area contributed by atoms with Gasteiger partial charge in [-0.25, -0.2) is 9.18 Å². The summed E-state index contributed by atoms with van der Waals surface area (Å²) in [6.45, 7) is 17.7. The first-order valence-corrected chi connectivity index (χ1v) is 17.4. The van der Waals surface area contributed by atoms with Gasteiger partial charge in [-0.3, -0.25) is 24.3 Å². The SMILES string of the molecule is Cc1c(C(=O)C2CCN(C(=O)[C@@H]3CC[C@@H](C)N3C(=O)OC(C)(C)C)CC2)c2ccncc2n1-c1ccc(F)cc1C(=O)N(C(C)C)C(C)C. The largest absolute Gasteiger partial charge is 0.444 e. The monoisotopic (exact) mass is 675 g/mol. The molecule has 0 radical (unpaired) electrons. The fraction of sp³-hybridized carbons (Fsp3) is 0.553. The number of piperidine rings is 1. The number of benzene rings is 1. The van der Waals surface area contributed by atoms with Gasteiger partial charge in [-0.1, -0.05) is 0 Å². The molecule has 1 aromatic carbocycles. The number of hydrogen-bond acceptors (Lipinski definition) is 6. The molecule has 4 heterocycles. The number of likely N-dealkylation sites (tertiary alicyclic amines) is 2. The van der Waals surface area contributed by atoms with Crippen LogP contribution in [0.5, 0.6) is 0 Å². The van der Waals surface area contributed by atoms with Gasteiger partial charge in [-0.2, -0.15) is 0 Å². The Bertz CT molecular complexity index is 1740. The Labute approximate surface area is 288 Å². The van der Waals surface area contributed by atoms with Crippen LogP contribution in [0.4, 0.5) is 9.18 Å². The van der Waals surface area contributed by atoms with Gasteiger partial charge in [0.15, 0.2) is 5.78 Å². The second-order valence-corrected chi connectivity index (χ2v) is 15.0. The maximum atomic E-state index is 14.7. The molecule has 0 spiro atoms. The number of ether oxygens (including phenoxy) is 1. The molecule has 0 bridgehead atoms. The summed E-state index contributed by atoms with van der Waals surface area (Å²) >= 11 is 0. The molecule has 2 aliphatic rings. The van der Waals surface area contributed by atoms with Crippen molar-refractivity contribution in [2.24, 2.45) is 5.92 Å². The molecule has 0 saturated carbocycles. The van der Waals surface area contributed by atoms with Crippen molar-refractivity contribution in [2.45, 2.75) is 118 Å². The Morgan fingerprint density at radius 2 is 1.63 bits per heavy atom. The summed E-state index contributed by atoms with van der Waals surface area (Å²) in [5.74, 6) is -1.29. The van der Waals surface area contributed by atoms with Crippen molar-refractivity contribution in [1.82, 2.24) is 24.3 Å². The summed E-state index contributed by atoms with van der Waals surface area (Å²) < 4.78 is 22.2. The lowest BCUT2D eigenvalue weighted by molar-refractivity contribution is -0.137. The molecular weight excluding hydrogens is 625 g/mol. The highest BCUT2D eigenvalue weighted by molar-refractivity contribution is 6.11. The molecule has 0 N–H and O–H groups in total. The molecule has 10 nitrogen and oxygen atoms in total. The third-order valence-electron chi connectivity index (χ3n) is 9.77. The Morgan fingerprint density at radius 1 is 0.980 bits per heavy atom. The summed E-state index contributed by atoms with van der Waals surface area (Å²) in [5, 5.41) is 0.705. The van der Waals surface area contributed by atoms with Crippen LogP contribution < -0.4 is 0 Å². The zero-order chi connectivity index (χ0) is 35.9. The Kier molecular flexibility index (Phi) is 10.2. The number of hydrogen-bond donors (Lipinski definition) is 0. The van der Waals surface area contributed by atoms with Gasteiger partial charge in [-0.05, 0) is 112 Å². The first-order valence-electron chi connectivity index (χ1n) is 17.4. The van der Waals surface area contributed by atoms with Crippen LogP contribution >= 0.6 is 0 Å². The van der Waals surface area contributed by atoms with E-state index in [1.54, 1.807) is 39.2 Å². The second-order valence-electron chi connectivity index (χ2n) is 15.0. The van der Waals surface area contributed by atoms with Gasteiger partial charge in [0.2, 0.25) is 5.91 Å². The third-order valence-corrected chi connectivity index (χ3v) is 9.77. The van der Waals surface area contributed by atoms with E-state index in [-0.39, 0.29) is 47.2 Å². The summed E-state index contributed by atoms with van der Waals surface area (Å²) in [7, 11) is 0. The molecule has 2 fully saturated rings. The van der Waals surface area contributed by atoms with E-state index in [2.05, 4.69) is 4.98 Å². The minimum absolute atomic E-state index is 0.0367. The van der Waals surface area contributed by atoms with Gasteiger partial charge < -0.3 is 19.1 Å². The summed E-state index contributed by atoms with van der Waals surface area (Å²) in [5.41, 5.74) is 1.84. The molecule has 3 aromatic rings. The first-order chi connectivity index (χ1) is 23.0. The second kappa shape index (κ2) is 13.9. The molecule has 0 unspecified atom stereocenters. The van der Waals surface area contributed by atoms with Crippen LogP contribution in [0.3, 0.4) is 0 Å². The van der Waals surface area contributed by atoms with Gasteiger partial charge in [0, 0.05) is 60.0 Å². The lowest BCUT2D eigenvalue weighted by Crippen LogP contribution is -2.52. The van der Waals surface area contributed by atoms with Crippen LogP contribution in [0.2, 0.25) is 0 Å². The average Bonchev–Trinajstić information content (AvgIpc) is 3.55. The zero-order valence-electron chi connectivity index (χ0n) is 30.2. The predicted molar refractivity (Wildman–Crippen MR) is 186 cm³/mol. The minimum atomic E-state index is -0.667. The Balaban J connectivity index is 1.41. The number of amides is 3. The highest BCUT2D eigenvalue weighted by Gasteiger charge is 2.43. The quantitative estimate of drug-likeness (QED) is 0.251. The van der Waals surface area contributed by atoms with Crippen LogP contribution in [0, 0.1) is 18.7 Å². The molecule has 2 saturated heterocycles. The van der Waals surface area contributed by atoms with Gasteiger partial charge in [0.05, 0.1) is 23.0 Å². The fourth-order valence-electron chi connectivity index (χ4n) is 7.59. The predicted octanol–water partition coefficient (Wildman–Crippen LogP) is 6.94. The van der Waals surface area contributed by atoms with Gasteiger partial charge in [0.25, 0.3) is 5.91 Å². The van der Waals surface area contributed by atoms with Crippen molar-refractivity contribution in [1.29, 1.82) is 0 Å². The normalized spacial score (nSPS) is 18.9. The molecular formula is C38H50FN5O5. The van der Waals surface area contributed by atoms with Crippen molar-refractivity contribution in [3.05, 3.63) is 59.3 Å². The standard InChI is InChI=1S/C38H50FN5O5/c1-22(2)42(23(3)4)35(46)29-20-27(39)11-13-30(29)44-25(6)33(28-14-17-40-21-32(28)44)34(45)26-15-18-41(19-16-26)36(47)31-12-10-24(5)43(31)37(48)49-38(7,8)9/h11,13-14,17,20-24,26,31H,10,12,15-16,18-19H2,1-9H3/t24-,31+/m1/s1. The number of fused-ring (bicyclic) bond motifs is 1. The van der Waals surface area contributed by atoms with E-state index in [0.717, 1.165) is 6.42 Å². The summed E-state index contributed by atoms with van der Waals surface area (Å²) in [4.78, 5) is 64.4. The molecule has 3 amide bonds. The van der Waals surface area contributed by atoms with E-state index in [1.807, 2.05) is 66.9 Å². The van der Waals surface area contributed by atoms with E-state index in [1.165, 1.54) is 12.1 Å². The van der Waals surface area contributed by atoms with Crippen molar-refractivity contribution in [3.8, 4) is 5.69 Å². The van der Waals surface area contributed by atoms with Crippen molar-refractivity contribution >= 4 is 34.6 Å². The van der Waals surface area contributed by atoms with Gasteiger partial charge in [-0.15, -0.1) is 0 Å². The number of rotatable bonds is 7. The number of aromatic nitrogens is 2. The van der Waals surface area contributed by atoms with Crippen LogP contribution in [0.25, 0.3) is 16.6 Å². The van der Waals surface area contributed by atoms with Crippen LogP contribution in [-0.4, -0.2) is 90.8 Å². The summed E-state index contributed by atoms with van der Waals surface area (Å²) in [6, 6.07) is 5.07.